The van der Waals surface area contributed by atoms with E-state index in [1.54, 1.807) is 0 Å². The zero-order chi connectivity index (χ0) is 16.2. The molecule has 4 nitrogen and oxygen atoms in total. The van der Waals surface area contributed by atoms with Crippen LogP contribution in [0.2, 0.25) is 5.02 Å². The Morgan fingerprint density at radius 2 is 2.17 bits per heavy atom. The van der Waals surface area contributed by atoms with Crippen LogP contribution in [0.5, 0.6) is 0 Å². The molecule has 1 saturated heterocycles. The quantitative estimate of drug-likeness (QED) is 0.899. The van der Waals surface area contributed by atoms with E-state index in [0.29, 0.717) is 12.5 Å². The van der Waals surface area contributed by atoms with Crippen LogP contribution in [-0.2, 0) is 0 Å². The highest BCUT2D eigenvalue weighted by atomic mass is 35.5. The minimum Gasteiger partial charge on any atom is -0.371 e. The van der Waals surface area contributed by atoms with Gasteiger partial charge in [-0.15, -0.1) is 0 Å². The number of nitrogens with zero attached hydrogens (tertiary/aromatic N) is 1. The van der Waals surface area contributed by atoms with E-state index >= 15 is 0 Å². The third kappa shape index (κ3) is 4.05. The van der Waals surface area contributed by atoms with Crippen molar-refractivity contribution in [3.05, 3.63) is 53.1 Å². The molecular formula is C17H19ClFN3O. The van der Waals surface area contributed by atoms with Crippen LogP contribution >= 0.6 is 11.6 Å². The highest BCUT2D eigenvalue weighted by Crippen LogP contribution is 2.24. The zero-order valence-electron chi connectivity index (χ0n) is 12.7. The van der Waals surface area contributed by atoms with Crippen molar-refractivity contribution in [3.63, 3.8) is 0 Å². The second kappa shape index (κ2) is 7.04. The number of nitrogens with one attached hydrogen (secondary N) is 2. The molecule has 3 rings (SSSR count). The summed E-state index contributed by atoms with van der Waals surface area (Å²) in [6.07, 6.45) is 3.33. The van der Waals surface area contributed by atoms with E-state index in [1.807, 2.05) is 24.3 Å². The van der Waals surface area contributed by atoms with E-state index in [-0.39, 0.29) is 11.6 Å². The van der Waals surface area contributed by atoms with Crippen molar-refractivity contribution in [2.24, 2.45) is 5.92 Å². The van der Waals surface area contributed by atoms with Crippen LogP contribution in [0.25, 0.3) is 0 Å². The van der Waals surface area contributed by atoms with Gasteiger partial charge in [0.15, 0.2) is 0 Å². The highest BCUT2D eigenvalue weighted by molar-refractivity contribution is 6.30. The third-order valence-corrected chi connectivity index (χ3v) is 4.41. The number of hydrogen-bond acceptors (Lipinski definition) is 2. The van der Waals surface area contributed by atoms with Gasteiger partial charge in [-0.05, 0) is 43.0 Å². The van der Waals surface area contributed by atoms with Gasteiger partial charge in [-0.1, -0.05) is 11.6 Å². The minimum absolute atomic E-state index is 0.257. The number of piperidine rings is 1. The third-order valence-electron chi connectivity index (χ3n) is 4.15. The lowest BCUT2D eigenvalue weighted by Gasteiger charge is -2.34. The standard InChI is InChI=1S/C17H19ClFN3O/c18-13-3-5-15(6-4-13)22-7-1-2-12(11-22)9-21-17(23)16-8-14(19)10-20-16/h3-6,8,10,12,20H,1-2,7,9,11H2,(H,21,23). The van der Waals surface area contributed by atoms with Crippen molar-refractivity contribution in [2.75, 3.05) is 24.5 Å². The molecule has 1 fully saturated rings. The second-order valence-electron chi connectivity index (χ2n) is 5.87. The Labute approximate surface area is 139 Å². The molecule has 0 spiro atoms. The Balaban J connectivity index is 1.54. The Bertz CT molecular complexity index is 671. The number of rotatable bonds is 4. The van der Waals surface area contributed by atoms with Gasteiger partial charge in [0.1, 0.15) is 11.5 Å². The summed E-state index contributed by atoms with van der Waals surface area (Å²) in [4.78, 5) is 16.9. The minimum atomic E-state index is -0.429. The highest BCUT2D eigenvalue weighted by Gasteiger charge is 2.21. The van der Waals surface area contributed by atoms with Gasteiger partial charge >= 0.3 is 0 Å². The van der Waals surface area contributed by atoms with Gasteiger partial charge in [-0.25, -0.2) is 4.39 Å². The fourth-order valence-corrected chi connectivity index (χ4v) is 3.08. The van der Waals surface area contributed by atoms with Crippen molar-refractivity contribution >= 4 is 23.2 Å². The lowest BCUT2D eigenvalue weighted by Crippen LogP contribution is -2.41. The maximum atomic E-state index is 12.9. The smallest absolute Gasteiger partial charge is 0.267 e. The van der Waals surface area contributed by atoms with E-state index in [9.17, 15) is 9.18 Å². The summed E-state index contributed by atoms with van der Waals surface area (Å²) in [7, 11) is 0. The number of aromatic nitrogens is 1. The van der Waals surface area contributed by atoms with Gasteiger partial charge in [0.05, 0.1) is 0 Å². The molecule has 2 heterocycles. The Morgan fingerprint density at radius 1 is 1.39 bits per heavy atom. The summed E-state index contributed by atoms with van der Waals surface area (Å²) in [5, 5.41) is 3.61. The molecule has 1 aromatic heterocycles. The van der Waals surface area contributed by atoms with Gasteiger partial charge in [0.25, 0.3) is 5.91 Å². The number of halogens is 2. The molecule has 0 saturated carbocycles. The van der Waals surface area contributed by atoms with Gasteiger partial charge < -0.3 is 15.2 Å². The number of H-pyrrole nitrogens is 1. The lowest BCUT2D eigenvalue weighted by atomic mass is 9.97. The molecule has 2 aromatic rings. The van der Waals surface area contributed by atoms with Crippen molar-refractivity contribution in [3.8, 4) is 0 Å². The Kier molecular flexibility index (Phi) is 4.86. The fraction of sp³-hybridized carbons (Fsp3) is 0.353. The van der Waals surface area contributed by atoms with Crippen LogP contribution in [0.4, 0.5) is 10.1 Å². The molecule has 2 N–H and O–H groups in total. The first-order valence-corrected chi connectivity index (χ1v) is 8.12. The largest absolute Gasteiger partial charge is 0.371 e. The zero-order valence-corrected chi connectivity index (χ0v) is 13.4. The maximum Gasteiger partial charge on any atom is 0.267 e. The van der Waals surface area contributed by atoms with Crippen LogP contribution in [0.15, 0.2) is 36.5 Å². The maximum absolute atomic E-state index is 12.9. The molecular weight excluding hydrogens is 317 g/mol. The molecule has 23 heavy (non-hydrogen) atoms. The molecule has 0 radical (unpaired) electrons. The van der Waals surface area contributed by atoms with Crippen LogP contribution in [0.3, 0.4) is 0 Å². The van der Waals surface area contributed by atoms with Crippen molar-refractivity contribution in [2.45, 2.75) is 12.8 Å². The number of amides is 1. The number of carbonyl (C=O) groups is 1. The number of hydrogen-bond donors (Lipinski definition) is 2. The molecule has 1 unspecified atom stereocenters. The molecule has 1 aliphatic rings. The molecule has 6 heteroatoms. The summed E-state index contributed by atoms with van der Waals surface area (Å²) in [5.41, 5.74) is 1.41. The first-order chi connectivity index (χ1) is 11.1. The van der Waals surface area contributed by atoms with E-state index in [2.05, 4.69) is 15.2 Å². The second-order valence-corrected chi connectivity index (χ2v) is 6.31. The van der Waals surface area contributed by atoms with E-state index < -0.39 is 5.82 Å². The van der Waals surface area contributed by atoms with E-state index in [4.69, 9.17) is 11.6 Å². The number of benzene rings is 1. The molecule has 0 bridgehead atoms. The predicted octanol–water partition coefficient (Wildman–Crippen LogP) is 3.45. The molecule has 0 aliphatic carbocycles. The van der Waals surface area contributed by atoms with Crippen molar-refractivity contribution < 1.29 is 9.18 Å². The monoisotopic (exact) mass is 335 g/mol. The lowest BCUT2D eigenvalue weighted by molar-refractivity contribution is 0.0941. The Hall–Kier alpha value is -2.01. The van der Waals surface area contributed by atoms with Crippen LogP contribution in [-0.4, -0.2) is 30.5 Å². The average molecular weight is 336 g/mol. The number of aromatic amines is 1. The van der Waals surface area contributed by atoms with Gasteiger partial charge in [0.2, 0.25) is 0 Å². The summed E-state index contributed by atoms with van der Waals surface area (Å²) in [5.74, 6) is -0.317. The number of carbonyl (C=O) groups excluding carboxylic acids is 1. The first-order valence-electron chi connectivity index (χ1n) is 7.74. The van der Waals surface area contributed by atoms with Crippen molar-refractivity contribution in [1.29, 1.82) is 0 Å². The summed E-state index contributed by atoms with van der Waals surface area (Å²) in [6.45, 7) is 2.48. The summed E-state index contributed by atoms with van der Waals surface area (Å²) in [6, 6.07) is 9.02. The van der Waals surface area contributed by atoms with Crippen molar-refractivity contribution in [1.82, 2.24) is 10.3 Å². The molecule has 1 atom stereocenters. The summed E-state index contributed by atoms with van der Waals surface area (Å²) >= 11 is 5.93. The molecule has 1 aromatic carbocycles. The SMILES string of the molecule is O=C(NCC1CCCN(c2ccc(Cl)cc2)C1)c1cc(F)c[nH]1. The van der Waals surface area contributed by atoms with Crippen LogP contribution < -0.4 is 10.2 Å². The van der Waals surface area contributed by atoms with Crippen LogP contribution in [0, 0.1) is 11.7 Å². The average Bonchev–Trinajstić information content (AvgIpc) is 3.00. The number of anilines is 1. The Morgan fingerprint density at radius 3 is 2.87 bits per heavy atom. The fourth-order valence-electron chi connectivity index (χ4n) is 2.95. The van der Waals surface area contributed by atoms with Gasteiger partial charge in [0, 0.05) is 42.6 Å². The first kappa shape index (κ1) is 15.9. The predicted molar refractivity (Wildman–Crippen MR) is 89.5 cm³/mol. The normalized spacial score (nSPS) is 18.0. The van der Waals surface area contributed by atoms with Crippen LogP contribution in [0.1, 0.15) is 23.3 Å². The van der Waals surface area contributed by atoms with Gasteiger partial charge in [-0.3, -0.25) is 4.79 Å². The topological polar surface area (TPSA) is 48.1 Å². The van der Waals surface area contributed by atoms with Gasteiger partial charge in [-0.2, -0.15) is 0 Å². The molecule has 122 valence electrons. The van der Waals surface area contributed by atoms with E-state index in [1.165, 1.54) is 12.3 Å². The molecule has 1 aliphatic heterocycles. The van der Waals surface area contributed by atoms with E-state index in [0.717, 1.165) is 36.6 Å². The summed E-state index contributed by atoms with van der Waals surface area (Å²) < 4.78 is 12.9. The molecule has 1 amide bonds.